The molecule has 0 spiro atoms. The number of fused-ring (bicyclic) bond motifs is 1. The van der Waals surface area contributed by atoms with Crippen LogP contribution in [0.5, 0.6) is 11.5 Å². The predicted molar refractivity (Wildman–Crippen MR) is 97.4 cm³/mol. The van der Waals surface area contributed by atoms with Crippen molar-refractivity contribution in [2.24, 2.45) is 0 Å². The summed E-state index contributed by atoms with van der Waals surface area (Å²) in [6, 6.07) is 9.07. The van der Waals surface area contributed by atoms with E-state index in [0.717, 1.165) is 12.5 Å². The number of ketones is 1. The number of phenolic OH excluding ortho intramolecular Hbond substituents is 2. The molecular formula is C19H15BrO5. The number of phenols is 2. The molecule has 5 nitrogen and oxygen atoms in total. The van der Waals surface area contributed by atoms with E-state index in [0.29, 0.717) is 22.0 Å². The van der Waals surface area contributed by atoms with Gasteiger partial charge in [0, 0.05) is 22.2 Å². The number of carbonyl (C=O) groups excluding carboxylic acids is 1. The summed E-state index contributed by atoms with van der Waals surface area (Å²) in [5.74, 6) is -1.17. The van der Waals surface area contributed by atoms with Crippen LogP contribution in [0.4, 0.5) is 0 Å². The second kappa shape index (κ2) is 6.72. The molecule has 3 rings (SSSR count). The van der Waals surface area contributed by atoms with Crippen molar-refractivity contribution < 1.29 is 19.4 Å². The molecule has 0 radical (unpaired) electrons. The zero-order valence-electron chi connectivity index (χ0n) is 13.4. The highest BCUT2D eigenvalue weighted by atomic mass is 79.9. The summed E-state index contributed by atoms with van der Waals surface area (Å²) < 4.78 is 5.91. The van der Waals surface area contributed by atoms with E-state index in [1.54, 1.807) is 24.3 Å². The monoisotopic (exact) mass is 402 g/mol. The Morgan fingerprint density at radius 1 is 1.16 bits per heavy atom. The third kappa shape index (κ3) is 3.17. The van der Waals surface area contributed by atoms with Gasteiger partial charge in [-0.05, 0) is 24.1 Å². The zero-order valence-corrected chi connectivity index (χ0v) is 15.0. The van der Waals surface area contributed by atoms with Crippen LogP contribution in [0, 0.1) is 0 Å². The quantitative estimate of drug-likeness (QED) is 0.505. The third-order valence-corrected chi connectivity index (χ3v) is 4.38. The number of hydrogen-bond donors (Lipinski definition) is 2. The number of hydrogen-bond acceptors (Lipinski definition) is 5. The zero-order chi connectivity index (χ0) is 18.1. The highest BCUT2D eigenvalue weighted by molar-refractivity contribution is 9.10. The average molecular weight is 403 g/mol. The van der Waals surface area contributed by atoms with E-state index in [4.69, 9.17) is 4.42 Å². The van der Waals surface area contributed by atoms with Gasteiger partial charge >= 0.3 is 5.63 Å². The number of benzene rings is 2. The molecule has 0 atom stereocenters. The molecule has 0 aliphatic carbocycles. The van der Waals surface area contributed by atoms with Crippen LogP contribution >= 0.6 is 15.9 Å². The molecule has 25 heavy (non-hydrogen) atoms. The number of rotatable bonds is 4. The highest BCUT2D eigenvalue weighted by Crippen LogP contribution is 2.37. The molecule has 2 aromatic carbocycles. The fourth-order valence-electron chi connectivity index (χ4n) is 2.85. The van der Waals surface area contributed by atoms with Crippen LogP contribution in [0.25, 0.3) is 11.0 Å². The van der Waals surface area contributed by atoms with Gasteiger partial charge in [0.1, 0.15) is 17.1 Å². The maximum absolute atomic E-state index is 12.9. The van der Waals surface area contributed by atoms with Crippen molar-refractivity contribution in [1.82, 2.24) is 0 Å². The van der Waals surface area contributed by atoms with Crippen LogP contribution in [0.2, 0.25) is 0 Å². The summed E-state index contributed by atoms with van der Waals surface area (Å²) in [5, 5.41) is 20.8. The number of halogens is 1. The molecule has 2 N–H and O–H groups in total. The Hall–Kier alpha value is -2.60. The normalized spacial score (nSPS) is 11.0. The first-order valence-corrected chi connectivity index (χ1v) is 8.53. The van der Waals surface area contributed by atoms with Gasteiger partial charge in [-0.15, -0.1) is 0 Å². The van der Waals surface area contributed by atoms with Crippen molar-refractivity contribution in [2.45, 2.75) is 19.8 Å². The van der Waals surface area contributed by atoms with Gasteiger partial charge in [-0.3, -0.25) is 4.79 Å². The van der Waals surface area contributed by atoms with Crippen LogP contribution in [0.3, 0.4) is 0 Å². The molecule has 0 amide bonds. The van der Waals surface area contributed by atoms with Crippen LogP contribution in [-0.4, -0.2) is 16.0 Å². The summed E-state index contributed by atoms with van der Waals surface area (Å²) in [7, 11) is 0. The fraction of sp³-hybridized carbons (Fsp3) is 0.158. The van der Waals surface area contributed by atoms with Gasteiger partial charge in [0.15, 0.2) is 5.58 Å². The van der Waals surface area contributed by atoms with Crippen molar-refractivity contribution >= 4 is 32.7 Å². The smallest absolute Gasteiger partial charge is 0.336 e. The minimum Gasteiger partial charge on any atom is -0.507 e. The maximum atomic E-state index is 12.9. The minimum absolute atomic E-state index is 0.0987. The van der Waals surface area contributed by atoms with Gasteiger partial charge < -0.3 is 14.6 Å². The van der Waals surface area contributed by atoms with Gasteiger partial charge in [0.05, 0.1) is 5.39 Å². The van der Waals surface area contributed by atoms with E-state index in [9.17, 15) is 19.8 Å². The molecule has 1 heterocycles. The Labute approximate surface area is 151 Å². The molecule has 0 aliphatic rings. The van der Waals surface area contributed by atoms with E-state index in [-0.39, 0.29) is 22.3 Å². The van der Waals surface area contributed by atoms with Crippen molar-refractivity contribution in [3.8, 4) is 11.5 Å². The summed E-state index contributed by atoms with van der Waals surface area (Å²) >= 11 is 3.30. The van der Waals surface area contributed by atoms with E-state index in [1.165, 1.54) is 6.07 Å². The Morgan fingerprint density at radius 2 is 1.92 bits per heavy atom. The van der Waals surface area contributed by atoms with Gasteiger partial charge in [0.25, 0.3) is 0 Å². The minimum atomic E-state index is -0.635. The lowest BCUT2D eigenvalue weighted by atomic mass is 9.96. The van der Waals surface area contributed by atoms with Gasteiger partial charge in [-0.25, -0.2) is 4.79 Å². The average Bonchev–Trinajstić information content (AvgIpc) is 2.54. The molecule has 0 fully saturated rings. The first-order valence-electron chi connectivity index (χ1n) is 7.74. The molecule has 0 aliphatic heterocycles. The highest BCUT2D eigenvalue weighted by Gasteiger charge is 2.23. The Morgan fingerprint density at radius 3 is 2.60 bits per heavy atom. The van der Waals surface area contributed by atoms with Crippen LogP contribution in [0.15, 0.2) is 50.1 Å². The number of aryl methyl sites for hydroxylation is 1. The third-order valence-electron chi connectivity index (χ3n) is 3.89. The first-order chi connectivity index (χ1) is 11.9. The summed E-state index contributed by atoms with van der Waals surface area (Å²) in [4.78, 5) is 24.8. The van der Waals surface area contributed by atoms with E-state index < -0.39 is 17.2 Å². The molecule has 3 aromatic rings. The Balaban J connectivity index is 2.35. The maximum Gasteiger partial charge on any atom is 0.336 e. The van der Waals surface area contributed by atoms with Gasteiger partial charge in [0.2, 0.25) is 5.78 Å². The second-order valence-corrected chi connectivity index (χ2v) is 6.59. The van der Waals surface area contributed by atoms with Crippen molar-refractivity contribution in [3.63, 3.8) is 0 Å². The summed E-state index contributed by atoms with van der Waals surface area (Å²) in [6.07, 6.45) is 1.28. The molecule has 0 saturated heterocycles. The lowest BCUT2D eigenvalue weighted by Gasteiger charge is -2.12. The van der Waals surface area contributed by atoms with E-state index in [1.807, 2.05) is 6.92 Å². The Bertz CT molecular complexity index is 1040. The lowest BCUT2D eigenvalue weighted by molar-refractivity contribution is 0.103. The number of carbonyl (C=O) groups is 1. The standard InChI is InChI=1S/C19H15BrO5/c1-2-4-10-8-15(23)25-19-16(10)13(21)9-14(22)17(19)18(24)11-5-3-6-12(20)7-11/h3,5-9,21-22H,2,4H2,1H3. The topological polar surface area (TPSA) is 87.7 Å². The Kier molecular flexibility index (Phi) is 4.63. The predicted octanol–water partition coefficient (Wildman–Crippen LogP) is 4.15. The van der Waals surface area contributed by atoms with Gasteiger partial charge in [-0.2, -0.15) is 0 Å². The summed E-state index contributed by atoms with van der Waals surface area (Å²) in [5.41, 5.74) is 0.0263. The summed E-state index contributed by atoms with van der Waals surface area (Å²) in [6.45, 7) is 1.94. The second-order valence-electron chi connectivity index (χ2n) is 5.67. The largest absolute Gasteiger partial charge is 0.507 e. The van der Waals surface area contributed by atoms with E-state index >= 15 is 0 Å². The molecule has 128 valence electrons. The van der Waals surface area contributed by atoms with Crippen LogP contribution < -0.4 is 5.63 Å². The SMILES string of the molecule is CCCc1cc(=O)oc2c(C(=O)c3cccc(Br)c3)c(O)cc(O)c12. The molecule has 0 saturated carbocycles. The number of aromatic hydroxyl groups is 2. The molecular weight excluding hydrogens is 388 g/mol. The van der Waals surface area contributed by atoms with Crippen LogP contribution in [0.1, 0.15) is 34.8 Å². The van der Waals surface area contributed by atoms with E-state index in [2.05, 4.69) is 15.9 Å². The molecule has 0 unspecified atom stereocenters. The molecule has 0 bridgehead atoms. The van der Waals surface area contributed by atoms with Crippen molar-refractivity contribution in [1.29, 1.82) is 0 Å². The first kappa shape index (κ1) is 17.2. The van der Waals surface area contributed by atoms with Crippen molar-refractivity contribution in [3.05, 3.63) is 68.0 Å². The molecule has 6 heteroatoms. The fourth-order valence-corrected chi connectivity index (χ4v) is 3.25. The van der Waals surface area contributed by atoms with Crippen LogP contribution in [-0.2, 0) is 6.42 Å². The molecule has 1 aromatic heterocycles. The lowest BCUT2D eigenvalue weighted by Crippen LogP contribution is -2.07. The van der Waals surface area contributed by atoms with Gasteiger partial charge in [-0.1, -0.05) is 41.4 Å². The van der Waals surface area contributed by atoms with Crippen molar-refractivity contribution in [2.75, 3.05) is 0 Å².